The molecule has 98 valence electrons. The van der Waals surface area contributed by atoms with Crippen molar-refractivity contribution in [1.29, 1.82) is 0 Å². The number of carbonyl (C=O) groups excluding carboxylic acids is 1. The van der Waals surface area contributed by atoms with Crippen LogP contribution in [0.4, 0.5) is 4.39 Å². The van der Waals surface area contributed by atoms with Crippen LogP contribution in [0.1, 0.15) is 29.6 Å². The Balaban J connectivity index is 2.01. The number of aromatic hydroxyl groups is 1. The molecule has 1 aromatic rings. The van der Waals surface area contributed by atoms with Gasteiger partial charge in [-0.25, -0.2) is 4.39 Å². The summed E-state index contributed by atoms with van der Waals surface area (Å²) in [5.41, 5.74) is -0.348. The Morgan fingerprint density at radius 3 is 2.83 bits per heavy atom. The molecule has 1 aromatic carbocycles. The highest BCUT2D eigenvalue weighted by molar-refractivity contribution is 5.96. The summed E-state index contributed by atoms with van der Waals surface area (Å²) in [6, 6.07) is 3.29. The SMILES string of the molecule is COC1(CNC(=O)c2cc(F)ccc2O)CCC1. The fourth-order valence-corrected chi connectivity index (χ4v) is 2.05. The Morgan fingerprint density at radius 2 is 2.28 bits per heavy atom. The molecular formula is C13H16FNO3. The number of phenols is 1. The van der Waals surface area contributed by atoms with E-state index in [-0.39, 0.29) is 16.9 Å². The van der Waals surface area contributed by atoms with E-state index in [9.17, 15) is 14.3 Å². The van der Waals surface area contributed by atoms with Gasteiger partial charge in [0.1, 0.15) is 11.6 Å². The van der Waals surface area contributed by atoms with Gasteiger partial charge >= 0.3 is 0 Å². The Labute approximate surface area is 105 Å². The maximum atomic E-state index is 13.0. The van der Waals surface area contributed by atoms with Crippen LogP contribution < -0.4 is 5.32 Å². The molecule has 0 bridgehead atoms. The van der Waals surface area contributed by atoms with E-state index in [4.69, 9.17) is 4.74 Å². The molecule has 0 unspecified atom stereocenters. The first kappa shape index (κ1) is 12.8. The van der Waals surface area contributed by atoms with Crippen molar-refractivity contribution >= 4 is 5.91 Å². The van der Waals surface area contributed by atoms with Crippen LogP contribution in [0.5, 0.6) is 5.75 Å². The van der Waals surface area contributed by atoms with Crippen molar-refractivity contribution in [2.45, 2.75) is 24.9 Å². The lowest BCUT2D eigenvalue weighted by molar-refractivity contribution is -0.0679. The van der Waals surface area contributed by atoms with Crippen molar-refractivity contribution in [3.05, 3.63) is 29.6 Å². The molecule has 0 atom stereocenters. The lowest BCUT2D eigenvalue weighted by Crippen LogP contribution is -2.49. The van der Waals surface area contributed by atoms with Crippen molar-refractivity contribution in [3.63, 3.8) is 0 Å². The van der Waals surface area contributed by atoms with Crippen LogP contribution in [-0.4, -0.2) is 30.3 Å². The van der Waals surface area contributed by atoms with Gasteiger partial charge in [-0.2, -0.15) is 0 Å². The molecule has 0 saturated heterocycles. The molecule has 18 heavy (non-hydrogen) atoms. The Bertz CT molecular complexity index is 452. The van der Waals surface area contributed by atoms with E-state index in [1.54, 1.807) is 7.11 Å². The number of hydrogen-bond donors (Lipinski definition) is 2. The topological polar surface area (TPSA) is 58.6 Å². The van der Waals surface area contributed by atoms with Gasteiger partial charge in [0.25, 0.3) is 5.91 Å². The van der Waals surface area contributed by atoms with Crippen LogP contribution in [0.25, 0.3) is 0 Å². The highest BCUT2D eigenvalue weighted by Crippen LogP contribution is 2.34. The summed E-state index contributed by atoms with van der Waals surface area (Å²) in [4.78, 5) is 11.8. The molecule has 1 aliphatic carbocycles. The van der Waals surface area contributed by atoms with E-state index < -0.39 is 11.7 Å². The largest absolute Gasteiger partial charge is 0.507 e. The van der Waals surface area contributed by atoms with Crippen LogP contribution in [0, 0.1) is 5.82 Å². The van der Waals surface area contributed by atoms with Crippen molar-refractivity contribution in [1.82, 2.24) is 5.32 Å². The highest BCUT2D eigenvalue weighted by Gasteiger charge is 2.37. The van der Waals surface area contributed by atoms with Crippen molar-refractivity contribution in [2.24, 2.45) is 0 Å². The Hall–Kier alpha value is -1.62. The number of hydrogen-bond acceptors (Lipinski definition) is 3. The summed E-state index contributed by atoms with van der Waals surface area (Å²) < 4.78 is 18.4. The number of methoxy groups -OCH3 is 1. The quantitative estimate of drug-likeness (QED) is 0.860. The predicted octanol–water partition coefficient (Wildman–Crippen LogP) is 1.83. The molecule has 0 spiro atoms. The van der Waals surface area contributed by atoms with E-state index in [1.807, 2.05) is 0 Å². The number of carbonyl (C=O) groups is 1. The van der Waals surface area contributed by atoms with Gasteiger partial charge < -0.3 is 15.2 Å². The standard InChI is InChI=1S/C13H16FNO3/c1-18-13(5-2-6-13)8-15-12(17)10-7-9(14)3-4-11(10)16/h3-4,7,16H,2,5-6,8H2,1H3,(H,15,17). The number of ether oxygens (including phenoxy) is 1. The number of rotatable bonds is 4. The molecule has 1 saturated carbocycles. The van der Waals surface area contributed by atoms with Gasteiger partial charge in [0.15, 0.2) is 0 Å². The van der Waals surface area contributed by atoms with E-state index in [0.29, 0.717) is 6.54 Å². The van der Waals surface area contributed by atoms with Gasteiger partial charge in [-0.15, -0.1) is 0 Å². The van der Waals surface area contributed by atoms with E-state index in [1.165, 1.54) is 6.07 Å². The normalized spacial score (nSPS) is 17.0. The second-order valence-corrected chi connectivity index (χ2v) is 4.58. The molecule has 0 aliphatic heterocycles. The minimum atomic E-state index is -0.553. The maximum absolute atomic E-state index is 13.0. The van der Waals surface area contributed by atoms with Crippen LogP contribution in [-0.2, 0) is 4.74 Å². The average Bonchev–Trinajstić information content (AvgIpc) is 2.31. The van der Waals surface area contributed by atoms with Crippen LogP contribution in [0.3, 0.4) is 0 Å². The van der Waals surface area contributed by atoms with Crippen LogP contribution in [0.15, 0.2) is 18.2 Å². The number of benzene rings is 1. The molecule has 0 heterocycles. The molecule has 2 N–H and O–H groups in total. The van der Waals surface area contributed by atoms with Crippen molar-refractivity contribution < 1.29 is 19.0 Å². The minimum absolute atomic E-state index is 0.0550. The summed E-state index contributed by atoms with van der Waals surface area (Å²) in [5, 5.41) is 12.2. The molecule has 0 radical (unpaired) electrons. The number of amides is 1. The second kappa shape index (κ2) is 4.94. The zero-order chi connectivity index (χ0) is 13.2. The van der Waals surface area contributed by atoms with Gasteiger partial charge in [-0.1, -0.05) is 0 Å². The fraction of sp³-hybridized carbons (Fsp3) is 0.462. The summed E-state index contributed by atoms with van der Waals surface area (Å²) in [5.74, 6) is -1.27. The number of halogens is 1. The zero-order valence-electron chi connectivity index (χ0n) is 10.2. The Morgan fingerprint density at radius 1 is 1.56 bits per heavy atom. The fourth-order valence-electron chi connectivity index (χ4n) is 2.05. The van der Waals surface area contributed by atoms with E-state index >= 15 is 0 Å². The zero-order valence-corrected chi connectivity index (χ0v) is 10.2. The van der Waals surface area contributed by atoms with Crippen molar-refractivity contribution in [2.75, 3.05) is 13.7 Å². The van der Waals surface area contributed by atoms with Gasteiger partial charge in [-0.3, -0.25) is 4.79 Å². The Kier molecular flexibility index (Phi) is 3.52. The summed E-state index contributed by atoms with van der Waals surface area (Å²) in [6.07, 6.45) is 2.88. The monoisotopic (exact) mass is 253 g/mol. The third-order valence-electron chi connectivity index (χ3n) is 3.47. The van der Waals surface area contributed by atoms with E-state index in [2.05, 4.69) is 5.32 Å². The van der Waals surface area contributed by atoms with Gasteiger partial charge in [0.05, 0.1) is 11.2 Å². The smallest absolute Gasteiger partial charge is 0.255 e. The first-order valence-electron chi connectivity index (χ1n) is 5.88. The molecule has 1 fully saturated rings. The second-order valence-electron chi connectivity index (χ2n) is 4.58. The van der Waals surface area contributed by atoms with Gasteiger partial charge in [0, 0.05) is 13.7 Å². The summed E-state index contributed by atoms with van der Waals surface area (Å²) >= 11 is 0. The maximum Gasteiger partial charge on any atom is 0.255 e. The first-order chi connectivity index (χ1) is 8.56. The summed E-state index contributed by atoms with van der Waals surface area (Å²) in [6.45, 7) is 0.373. The third kappa shape index (κ3) is 2.46. The van der Waals surface area contributed by atoms with Crippen molar-refractivity contribution in [3.8, 4) is 5.75 Å². The highest BCUT2D eigenvalue weighted by atomic mass is 19.1. The van der Waals surface area contributed by atoms with Crippen LogP contribution in [0.2, 0.25) is 0 Å². The average molecular weight is 253 g/mol. The number of phenolic OH excluding ortho intramolecular Hbond substituents is 1. The lowest BCUT2D eigenvalue weighted by atomic mass is 9.80. The molecule has 2 rings (SSSR count). The van der Waals surface area contributed by atoms with E-state index in [0.717, 1.165) is 31.4 Å². The summed E-state index contributed by atoms with van der Waals surface area (Å²) in [7, 11) is 1.62. The molecular weight excluding hydrogens is 237 g/mol. The lowest BCUT2D eigenvalue weighted by Gasteiger charge is -2.40. The molecule has 5 heteroatoms. The predicted molar refractivity (Wildman–Crippen MR) is 64.0 cm³/mol. The molecule has 0 aromatic heterocycles. The minimum Gasteiger partial charge on any atom is -0.507 e. The van der Waals surface area contributed by atoms with Gasteiger partial charge in [-0.05, 0) is 37.5 Å². The first-order valence-corrected chi connectivity index (χ1v) is 5.88. The molecule has 1 aliphatic rings. The third-order valence-corrected chi connectivity index (χ3v) is 3.47. The molecule has 4 nitrogen and oxygen atoms in total. The molecule has 1 amide bonds. The number of nitrogens with one attached hydrogen (secondary N) is 1. The van der Waals surface area contributed by atoms with Gasteiger partial charge in [0.2, 0.25) is 0 Å². The van der Waals surface area contributed by atoms with Crippen LogP contribution >= 0.6 is 0 Å².